The van der Waals surface area contributed by atoms with Crippen molar-refractivity contribution in [2.75, 3.05) is 24.4 Å². The van der Waals surface area contributed by atoms with Crippen molar-refractivity contribution in [3.63, 3.8) is 0 Å². The van der Waals surface area contributed by atoms with E-state index in [0.29, 0.717) is 52.6 Å². The van der Waals surface area contributed by atoms with Gasteiger partial charge in [-0.1, -0.05) is 11.2 Å². The zero-order valence-electron chi connectivity index (χ0n) is 21.6. The number of carbonyl (C=O) groups is 1. The Bertz CT molecular complexity index is 1460. The number of aryl methyl sites for hydroxylation is 1. The van der Waals surface area contributed by atoms with Crippen LogP contribution in [-0.4, -0.2) is 66.1 Å². The number of carbonyl (C=O) groups excluding carboxylic acids is 1. The number of anilines is 4. The maximum atomic E-state index is 12.9. The van der Waals surface area contributed by atoms with E-state index < -0.39 is 11.4 Å². The van der Waals surface area contributed by atoms with Gasteiger partial charge < -0.3 is 35.1 Å². The number of aliphatic hydroxyl groups is 1. The molecule has 196 valence electrons. The first-order valence-electron chi connectivity index (χ1n) is 11.8. The van der Waals surface area contributed by atoms with E-state index in [4.69, 9.17) is 29.7 Å². The fourth-order valence-corrected chi connectivity index (χ4v) is 3.58. The normalized spacial score (nSPS) is 11.2. The molecule has 0 saturated carbocycles. The molecule has 3 aromatic heterocycles. The number of methoxy groups -OCH3 is 1. The first-order valence-corrected chi connectivity index (χ1v) is 11.8. The third-order valence-corrected chi connectivity index (χ3v) is 5.26. The average molecular weight is 525 g/mol. The molecule has 39 heavy (non-hydrogen) atoms. The summed E-state index contributed by atoms with van der Waals surface area (Å²) in [4.78, 5) is 25.9. The molecule has 0 aliphatic heterocycles. The Morgan fingerprint density at radius 1 is 1.13 bits per heavy atom. The smallest absolute Gasteiger partial charge is 0.255 e. The summed E-state index contributed by atoms with van der Waals surface area (Å²) in [5, 5.41) is 22.1. The molecule has 1 aromatic carbocycles. The number of nitrogens with one attached hydrogen (secondary N) is 3. The minimum Gasteiger partial charge on any atom is -0.494 e. The Labute approximate surface area is 227 Å². The Kier molecular flexibility index (Phi) is 8.47. The van der Waals surface area contributed by atoms with Crippen molar-refractivity contribution < 1.29 is 23.9 Å². The van der Waals surface area contributed by atoms with Gasteiger partial charge in [-0.05, 0) is 43.7 Å². The van der Waals surface area contributed by atoms with E-state index in [0.717, 1.165) is 5.56 Å². The number of ether oxygens (including phenoxy) is 2. The monoisotopic (exact) mass is 525 g/mol. The van der Waals surface area contributed by atoms with Gasteiger partial charge in [-0.3, -0.25) is 4.79 Å². The molecule has 0 bridgehead atoms. The van der Waals surface area contributed by atoms with Gasteiger partial charge in [0.25, 0.3) is 11.8 Å². The zero-order valence-corrected chi connectivity index (χ0v) is 21.6. The number of pyridine rings is 2. The largest absolute Gasteiger partial charge is 0.494 e. The van der Waals surface area contributed by atoms with Crippen LogP contribution in [0.4, 0.5) is 23.0 Å². The standard InChI is InChI=1S/C25H25B2N7O5/c1-4-38-13-21-32-23(34-39-21)15-6-5-7-17(22(15)37-3)30-18-11-20(31-19-10-14(2)8-9-28-19)29-12-16(18)24(35)33-25(26,27)36/h5-12,36H,4,13H2,1-3H3,(H,33,35)(H2,28,29,30,31). The summed E-state index contributed by atoms with van der Waals surface area (Å²) in [6.45, 7) is 4.48. The molecule has 12 nitrogen and oxygen atoms in total. The highest BCUT2D eigenvalue weighted by Crippen LogP contribution is 2.37. The highest BCUT2D eigenvalue weighted by atomic mass is 16.5. The van der Waals surface area contributed by atoms with E-state index in [1.165, 1.54) is 13.3 Å². The van der Waals surface area contributed by atoms with Gasteiger partial charge in [0.2, 0.25) is 5.82 Å². The molecular weight excluding hydrogens is 500 g/mol. The minimum atomic E-state index is -2.44. The predicted molar refractivity (Wildman–Crippen MR) is 145 cm³/mol. The van der Waals surface area contributed by atoms with Crippen molar-refractivity contribution in [3.05, 3.63) is 65.8 Å². The summed E-state index contributed by atoms with van der Waals surface area (Å²) < 4.78 is 16.3. The Hall–Kier alpha value is -4.42. The fraction of sp³-hybridized carbons (Fsp3) is 0.240. The van der Waals surface area contributed by atoms with Crippen LogP contribution >= 0.6 is 0 Å². The van der Waals surface area contributed by atoms with Crippen molar-refractivity contribution in [2.24, 2.45) is 0 Å². The number of hydrogen-bond donors (Lipinski definition) is 4. The molecule has 4 rings (SSSR count). The van der Waals surface area contributed by atoms with Crippen molar-refractivity contribution in [1.82, 2.24) is 25.4 Å². The van der Waals surface area contributed by atoms with E-state index in [1.54, 1.807) is 30.5 Å². The maximum absolute atomic E-state index is 12.9. The lowest BCUT2D eigenvalue weighted by Crippen LogP contribution is -2.49. The van der Waals surface area contributed by atoms with E-state index in [-0.39, 0.29) is 12.2 Å². The SMILES string of the molecule is [B]C([B])(O)NC(=O)c1cnc(Nc2cc(C)ccn2)cc1Nc1cccc(-c2noc(COCC)n2)c1OC. The zero-order chi connectivity index (χ0) is 28.0. The van der Waals surface area contributed by atoms with E-state index in [2.05, 4.69) is 36.1 Å². The van der Waals surface area contributed by atoms with E-state index in [1.807, 2.05) is 26.0 Å². The summed E-state index contributed by atoms with van der Waals surface area (Å²) in [5.41, 5.74) is -0.0943. The lowest BCUT2D eigenvalue weighted by molar-refractivity contribution is 0.0841. The van der Waals surface area contributed by atoms with Gasteiger partial charge in [0.15, 0.2) is 5.75 Å². The van der Waals surface area contributed by atoms with Crippen molar-refractivity contribution in [3.8, 4) is 17.1 Å². The van der Waals surface area contributed by atoms with Crippen LogP contribution in [0.15, 0.2) is 53.3 Å². The quantitative estimate of drug-likeness (QED) is 0.169. The van der Waals surface area contributed by atoms with Crippen LogP contribution in [-0.2, 0) is 11.3 Å². The third kappa shape index (κ3) is 7.12. The fourth-order valence-electron chi connectivity index (χ4n) is 3.58. The Morgan fingerprint density at radius 2 is 1.92 bits per heavy atom. The second-order valence-corrected chi connectivity index (χ2v) is 8.40. The first-order chi connectivity index (χ1) is 18.7. The number of benzene rings is 1. The van der Waals surface area contributed by atoms with Crippen molar-refractivity contribution in [1.29, 1.82) is 0 Å². The van der Waals surface area contributed by atoms with Crippen LogP contribution < -0.4 is 20.7 Å². The molecule has 0 unspecified atom stereocenters. The number of aromatic nitrogens is 4. The topological polar surface area (TPSA) is 157 Å². The summed E-state index contributed by atoms with van der Waals surface area (Å²) in [5.74, 6) is 1.17. The van der Waals surface area contributed by atoms with Gasteiger partial charge in [-0.2, -0.15) is 4.98 Å². The third-order valence-electron chi connectivity index (χ3n) is 5.26. The lowest BCUT2D eigenvalue weighted by Gasteiger charge is -2.22. The molecule has 4 aromatic rings. The van der Waals surface area contributed by atoms with Gasteiger partial charge in [0.1, 0.15) is 33.9 Å². The van der Waals surface area contributed by atoms with Crippen LogP contribution in [0.5, 0.6) is 5.75 Å². The molecule has 0 saturated heterocycles. The van der Waals surface area contributed by atoms with Gasteiger partial charge >= 0.3 is 0 Å². The van der Waals surface area contributed by atoms with Gasteiger partial charge in [0.05, 0.1) is 29.6 Å². The lowest BCUT2D eigenvalue weighted by atomic mass is 9.73. The van der Waals surface area contributed by atoms with Crippen molar-refractivity contribution in [2.45, 2.75) is 26.0 Å². The molecule has 3 heterocycles. The van der Waals surface area contributed by atoms with Crippen molar-refractivity contribution >= 4 is 44.6 Å². The number of rotatable bonds is 11. The number of para-hydroxylation sites is 1. The highest BCUT2D eigenvalue weighted by Gasteiger charge is 2.22. The molecule has 0 fully saturated rings. The highest BCUT2D eigenvalue weighted by molar-refractivity contribution is 6.39. The molecule has 0 aliphatic rings. The molecule has 0 aliphatic carbocycles. The molecule has 1 amide bonds. The van der Waals surface area contributed by atoms with Crippen LogP contribution in [0.3, 0.4) is 0 Å². The Morgan fingerprint density at radius 3 is 2.64 bits per heavy atom. The molecular formula is C25H25B2N7O5. The van der Waals surface area contributed by atoms with Crippen LogP contribution in [0.2, 0.25) is 0 Å². The summed E-state index contributed by atoms with van der Waals surface area (Å²) in [6.07, 6.45) is 2.97. The molecule has 4 N–H and O–H groups in total. The number of hydrogen-bond acceptors (Lipinski definition) is 11. The second-order valence-electron chi connectivity index (χ2n) is 8.40. The molecule has 0 spiro atoms. The van der Waals surface area contributed by atoms with Gasteiger partial charge in [0, 0.05) is 30.6 Å². The maximum Gasteiger partial charge on any atom is 0.255 e. The van der Waals surface area contributed by atoms with E-state index >= 15 is 0 Å². The Balaban J connectivity index is 1.72. The van der Waals surface area contributed by atoms with Crippen LogP contribution in [0.1, 0.15) is 28.7 Å². The minimum absolute atomic E-state index is 0.0399. The molecule has 0 atom stereocenters. The summed E-state index contributed by atoms with van der Waals surface area (Å²) in [6, 6.07) is 10.6. The molecule has 14 heteroatoms. The average Bonchev–Trinajstić information content (AvgIpc) is 3.35. The molecule has 4 radical (unpaired) electrons. The summed E-state index contributed by atoms with van der Waals surface area (Å²) in [7, 11) is 12.2. The van der Waals surface area contributed by atoms with E-state index in [9.17, 15) is 9.90 Å². The number of nitrogens with zero attached hydrogens (tertiary/aromatic N) is 4. The van der Waals surface area contributed by atoms with Crippen LogP contribution in [0, 0.1) is 6.92 Å². The summed E-state index contributed by atoms with van der Waals surface area (Å²) >= 11 is 0. The second kappa shape index (κ2) is 12.0. The van der Waals surface area contributed by atoms with Gasteiger partial charge in [-0.15, -0.1) is 0 Å². The van der Waals surface area contributed by atoms with Gasteiger partial charge in [-0.25, -0.2) is 9.97 Å². The number of amides is 1. The predicted octanol–water partition coefficient (Wildman–Crippen LogP) is 2.54. The van der Waals surface area contributed by atoms with Crippen LogP contribution in [0.25, 0.3) is 11.4 Å². The first kappa shape index (κ1) is 27.6.